The van der Waals surface area contributed by atoms with Crippen molar-refractivity contribution >= 4 is 28.6 Å². The zero-order valence-electron chi connectivity index (χ0n) is 11.9. The Morgan fingerprint density at radius 2 is 1.76 bits per heavy atom. The van der Waals surface area contributed by atoms with Crippen molar-refractivity contribution in [2.75, 3.05) is 0 Å². The highest BCUT2D eigenvalue weighted by atomic mass is 32.2. The van der Waals surface area contributed by atoms with Crippen molar-refractivity contribution in [2.24, 2.45) is 5.92 Å². The maximum absolute atomic E-state index is 12.8. The van der Waals surface area contributed by atoms with E-state index in [0.717, 1.165) is 29.4 Å². The third-order valence-corrected chi connectivity index (χ3v) is 6.28. The summed E-state index contributed by atoms with van der Waals surface area (Å²) in [5, 5.41) is 1.40. The van der Waals surface area contributed by atoms with Crippen molar-refractivity contribution in [1.29, 1.82) is 0 Å². The monoisotopic (exact) mass is 298 g/mol. The van der Waals surface area contributed by atoms with E-state index in [0.29, 0.717) is 16.3 Å². The first-order chi connectivity index (χ1) is 10.3. The predicted octanol–water partition coefficient (Wildman–Crippen LogP) is 3.88. The molecule has 0 aliphatic carbocycles. The average molecular weight is 298 g/mol. The molecule has 2 aliphatic rings. The van der Waals surface area contributed by atoms with Crippen molar-refractivity contribution in [2.45, 2.75) is 42.6 Å². The molecule has 1 aromatic heterocycles. The zero-order valence-corrected chi connectivity index (χ0v) is 12.7. The Hall–Kier alpha value is -1.42. The molecule has 0 radical (unpaired) electrons. The van der Waals surface area contributed by atoms with E-state index in [-0.39, 0.29) is 5.92 Å². The lowest BCUT2D eigenvalue weighted by molar-refractivity contribution is 0.0897. The molecule has 2 bridgehead atoms. The molecule has 2 fully saturated rings. The van der Waals surface area contributed by atoms with Crippen LogP contribution in [0.2, 0.25) is 0 Å². The highest BCUT2D eigenvalue weighted by molar-refractivity contribution is 8.00. The smallest absolute Gasteiger partial charge is 0.166 e. The van der Waals surface area contributed by atoms with Gasteiger partial charge in [-0.05, 0) is 43.9 Å². The summed E-state index contributed by atoms with van der Waals surface area (Å²) in [6, 6.07) is 5.73. The number of Topliss-reactive ketones (excluding diaryl/α,β-unsaturated/α-hetero) is 1. The first kappa shape index (κ1) is 13.3. The number of aromatic nitrogens is 2. The van der Waals surface area contributed by atoms with Crippen LogP contribution < -0.4 is 0 Å². The number of nitrogens with zero attached hydrogens (tertiary/aromatic N) is 2. The Labute approximate surface area is 128 Å². The van der Waals surface area contributed by atoms with Crippen LogP contribution >= 0.6 is 11.8 Å². The second kappa shape index (κ2) is 5.41. The maximum Gasteiger partial charge on any atom is 0.166 e. The van der Waals surface area contributed by atoms with Crippen LogP contribution in [0.4, 0.5) is 0 Å². The molecule has 4 heteroatoms. The molecule has 2 atom stereocenters. The molecule has 108 valence electrons. The van der Waals surface area contributed by atoms with Crippen LogP contribution in [0.1, 0.15) is 42.5 Å². The minimum absolute atomic E-state index is 0.204. The summed E-state index contributed by atoms with van der Waals surface area (Å²) in [5.74, 6) is 0.510. The molecule has 2 saturated heterocycles. The molecule has 4 rings (SSSR count). The van der Waals surface area contributed by atoms with E-state index in [4.69, 9.17) is 0 Å². The Balaban J connectivity index is 1.60. The van der Waals surface area contributed by atoms with E-state index >= 15 is 0 Å². The van der Waals surface area contributed by atoms with E-state index in [2.05, 4.69) is 21.7 Å². The Bertz CT molecular complexity index is 675. The number of carbonyl (C=O) groups excluding carboxylic acids is 1. The number of benzene rings is 1. The molecule has 0 saturated carbocycles. The lowest BCUT2D eigenvalue weighted by Gasteiger charge is -2.37. The van der Waals surface area contributed by atoms with Gasteiger partial charge in [0.2, 0.25) is 0 Å². The normalized spacial score (nSPS) is 28.5. The van der Waals surface area contributed by atoms with Gasteiger partial charge >= 0.3 is 0 Å². The summed E-state index contributed by atoms with van der Waals surface area (Å²) in [7, 11) is 0. The molecule has 21 heavy (non-hydrogen) atoms. The molecule has 2 aromatic rings. The highest BCUT2D eigenvalue weighted by Gasteiger charge is 2.35. The summed E-state index contributed by atoms with van der Waals surface area (Å²) in [4.78, 5) is 21.4. The number of hydrogen-bond acceptors (Lipinski definition) is 4. The number of ketones is 1. The van der Waals surface area contributed by atoms with E-state index < -0.39 is 0 Å². The van der Waals surface area contributed by atoms with Gasteiger partial charge < -0.3 is 0 Å². The van der Waals surface area contributed by atoms with Crippen molar-refractivity contribution in [3.8, 4) is 0 Å². The second-order valence-electron chi connectivity index (χ2n) is 6.10. The van der Waals surface area contributed by atoms with Crippen LogP contribution in [-0.2, 0) is 0 Å². The van der Waals surface area contributed by atoms with Crippen LogP contribution in [0, 0.1) is 5.92 Å². The summed E-state index contributed by atoms with van der Waals surface area (Å²) in [6.45, 7) is 0. The van der Waals surface area contributed by atoms with E-state index in [9.17, 15) is 4.79 Å². The van der Waals surface area contributed by atoms with Crippen molar-refractivity contribution in [1.82, 2.24) is 9.97 Å². The van der Waals surface area contributed by atoms with Gasteiger partial charge in [0, 0.05) is 34.4 Å². The van der Waals surface area contributed by atoms with Gasteiger partial charge in [-0.1, -0.05) is 6.42 Å². The number of fused-ring (bicyclic) bond motifs is 3. The quantitative estimate of drug-likeness (QED) is 0.789. The third kappa shape index (κ3) is 2.57. The second-order valence-corrected chi connectivity index (χ2v) is 7.71. The molecule has 3 nitrogen and oxygen atoms in total. The largest absolute Gasteiger partial charge is 0.294 e. The van der Waals surface area contributed by atoms with Crippen LogP contribution in [0.5, 0.6) is 0 Å². The Morgan fingerprint density at radius 3 is 2.52 bits per heavy atom. The fraction of sp³-hybridized carbons (Fsp3) is 0.471. The fourth-order valence-corrected chi connectivity index (χ4v) is 5.46. The van der Waals surface area contributed by atoms with E-state index in [1.54, 1.807) is 12.4 Å². The number of rotatable bonds is 2. The number of hydrogen-bond donors (Lipinski definition) is 0. The lowest BCUT2D eigenvalue weighted by atomic mass is 9.84. The molecule has 3 heterocycles. The van der Waals surface area contributed by atoms with Crippen molar-refractivity contribution in [3.05, 3.63) is 36.2 Å². The van der Waals surface area contributed by atoms with Crippen LogP contribution in [0.15, 0.2) is 30.6 Å². The maximum atomic E-state index is 12.8. The molecular formula is C17H18N2OS. The lowest BCUT2D eigenvalue weighted by Crippen LogP contribution is -2.32. The minimum Gasteiger partial charge on any atom is -0.294 e. The van der Waals surface area contributed by atoms with Gasteiger partial charge in [0.25, 0.3) is 0 Å². The number of thioether (sulfide) groups is 1. The van der Waals surface area contributed by atoms with Crippen LogP contribution in [0.3, 0.4) is 0 Å². The summed E-state index contributed by atoms with van der Waals surface area (Å²) >= 11 is 2.12. The van der Waals surface area contributed by atoms with Gasteiger partial charge in [0.05, 0.1) is 11.0 Å². The molecule has 2 unspecified atom stereocenters. The molecule has 0 spiro atoms. The SMILES string of the molecule is O=C(c1ccc2nccnc2c1)C1CC2CCCC(C1)S2. The Kier molecular flexibility index (Phi) is 3.42. The molecule has 1 aromatic carbocycles. The van der Waals surface area contributed by atoms with Gasteiger partial charge in [-0.3, -0.25) is 14.8 Å². The van der Waals surface area contributed by atoms with Gasteiger partial charge in [-0.2, -0.15) is 11.8 Å². The topological polar surface area (TPSA) is 42.9 Å². The van der Waals surface area contributed by atoms with Gasteiger partial charge in [-0.25, -0.2) is 0 Å². The van der Waals surface area contributed by atoms with Crippen LogP contribution in [0.25, 0.3) is 11.0 Å². The number of carbonyl (C=O) groups is 1. The van der Waals surface area contributed by atoms with Crippen molar-refractivity contribution < 1.29 is 4.79 Å². The standard InChI is InChI=1S/C17H18N2OS/c20-17(12-8-13-2-1-3-14(9-12)21-13)11-4-5-15-16(10-11)19-7-6-18-15/h4-7,10,12-14H,1-3,8-9H2. The van der Waals surface area contributed by atoms with E-state index in [1.165, 1.54) is 19.3 Å². The van der Waals surface area contributed by atoms with E-state index in [1.807, 2.05) is 18.2 Å². The highest BCUT2D eigenvalue weighted by Crippen LogP contribution is 2.44. The molecule has 2 aliphatic heterocycles. The first-order valence-corrected chi connectivity index (χ1v) is 8.64. The van der Waals surface area contributed by atoms with Crippen LogP contribution in [-0.4, -0.2) is 26.3 Å². The third-order valence-electron chi connectivity index (χ3n) is 4.66. The van der Waals surface area contributed by atoms with Gasteiger partial charge in [-0.15, -0.1) is 0 Å². The molecular weight excluding hydrogens is 280 g/mol. The van der Waals surface area contributed by atoms with Crippen molar-refractivity contribution in [3.63, 3.8) is 0 Å². The Morgan fingerprint density at radius 1 is 1.05 bits per heavy atom. The molecule has 0 N–H and O–H groups in total. The zero-order chi connectivity index (χ0) is 14.2. The van der Waals surface area contributed by atoms with Gasteiger partial charge in [0.1, 0.15) is 0 Å². The fourth-order valence-electron chi connectivity index (χ4n) is 3.63. The summed E-state index contributed by atoms with van der Waals surface area (Å²) in [5.41, 5.74) is 2.47. The van der Waals surface area contributed by atoms with Gasteiger partial charge in [0.15, 0.2) is 5.78 Å². The molecule has 0 amide bonds. The summed E-state index contributed by atoms with van der Waals surface area (Å²) in [6.07, 6.45) is 9.38. The summed E-state index contributed by atoms with van der Waals surface area (Å²) < 4.78 is 0. The minimum atomic E-state index is 0.204. The first-order valence-electron chi connectivity index (χ1n) is 7.70. The average Bonchev–Trinajstić information content (AvgIpc) is 2.53. The predicted molar refractivity (Wildman–Crippen MR) is 85.6 cm³/mol.